The van der Waals surface area contributed by atoms with Crippen LogP contribution in [0.2, 0.25) is 0 Å². The Hall–Kier alpha value is -3.61. The number of aryl methyl sites for hydroxylation is 1. The van der Waals surface area contributed by atoms with Crippen molar-refractivity contribution in [1.29, 1.82) is 0 Å². The van der Waals surface area contributed by atoms with Gasteiger partial charge in [-0.05, 0) is 43.7 Å². The van der Waals surface area contributed by atoms with Gasteiger partial charge in [-0.15, -0.1) is 0 Å². The Labute approximate surface area is 175 Å². The molecule has 0 aliphatic carbocycles. The van der Waals surface area contributed by atoms with E-state index in [1.165, 1.54) is 6.20 Å². The van der Waals surface area contributed by atoms with Crippen molar-refractivity contribution in [3.05, 3.63) is 83.2 Å². The molecule has 30 heavy (non-hydrogen) atoms. The van der Waals surface area contributed by atoms with E-state index in [-0.39, 0.29) is 11.9 Å². The molecule has 1 N–H and O–H groups in total. The second-order valence-corrected chi connectivity index (χ2v) is 6.80. The fraction of sp³-hybridized carbons (Fsp3) is 0.261. The number of esters is 1. The van der Waals surface area contributed by atoms with E-state index in [2.05, 4.69) is 10.4 Å². The van der Waals surface area contributed by atoms with Crippen molar-refractivity contribution in [3.63, 3.8) is 0 Å². The number of aromatic nitrogens is 2. The number of rotatable bonds is 8. The zero-order valence-electron chi connectivity index (χ0n) is 17.3. The van der Waals surface area contributed by atoms with Gasteiger partial charge in [0.15, 0.2) is 0 Å². The molecule has 0 saturated carbocycles. The molecule has 1 aromatic heterocycles. The van der Waals surface area contributed by atoms with Gasteiger partial charge < -0.3 is 14.8 Å². The Balaban J connectivity index is 1.84. The number of nitrogens with one attached hydrogen (secondary N) is 1. The smallest absolute Gasteiger partial charge is 0.341 e. The van der Waals surface area contributed by atoms with Crippen LogP contribution in [0.1, 0.15) is 44.8 Å². The summed E-state index contributed by atoms with van der Waals surface area (Å²) in [4.78, 5) is 24.6. The molecular weight excluding hydrogens is 382 g/mol. The van der Waals surface area contributed by atoms with Gasteiger partial charge in [-0.2, -0.15) is 5.10 Å². The molecule has 0 spiro atoms. The topological polar surface area (TPSA) is 82.5 Å². The third-order valence-electron chi connectivity index (χ3n) is 4.67. The molecule has 2 aromatic carbocycles. The first-order chi connectivity index (χ1) is 14.5. The normalized spacial score (nSPS) is 11.6. The lowest BCUT2D eigenvalue weighted by Gasteiger charge is -2.19. The van der Waals surface area contributed by atoms with Crippen LogP contribution >= 0.6 is 0 Å². The molecule has 0 saturated heterocycles. The standard InChI is InChI=1S/C23H25N3O4/c1-4-30-23(28)19-13-25-26(15-19)21(17-8-10-20(29-3)11-9-17)14-24-22(27)18-7-5-6-16(2)12-18/h5-13,15,21H,4,14H2,1-3H3,(H,24,27). The Kier molecular flexibility index (Phi) is 6.85. The molecule has 3 aromatic rings. The molecule has 1 heterocycles. The molecule has 7 nitrogen and oxygen atoms in total. The van der Waals surface area contributed by atoms with E-state index >= 15 is 0 Å². The molecule has 0 aliphatic heterocycles. The molecule has 156 valence electrons. The lowest BCUT2D eigenvalue weighted by atomic mass is 10.1. The maximum Gasteiger partial charge on any atom is 0.341 e. The quantitative estimate of drug-likeness (QED) is 0.579. The van der Waals surface area contributed by atoms with Crippen molar-refractivity contribution in [2.75, 3.05) is 20.3 Å². The third-order valence-corrected chi connectivity index (χ3v) is 4.67. The second-order valence-electron chi connectivity index (χ2n) is 6.80. The van der Waals surface area contributed by atoms with Gasteiger partial charge in [-0.3, -0.25) is 9.48 Å². The van der Waals surface area contributed by atoms with E-state index in [0.717, 1.165) is 16.9 Å². The lowest BCUT2D eigenvalue weighted by molar-refractivity contribution is 0.0526. The van der Waals surface area contributed by atoms with Crippen LogP contribution in [-0.4, -0.2) is 41.9 Å². The van der Waals surface area contributed by atoms with Crippen molar-refractivity contribution in [1.82, 2.24) is 15.1 Å². The first-order valence-electron chi connectivity index (χ1n) is 9.72. The molecule has 0 aliphatic rings. The summed E-state index contributed by atoms with van der Waals surface area (Å²) in [6.07, 6.45) is 3.10. The summed E-state index contributed by atoms with van der Waals surface area (Å²) >= 11 is 0. The van der Waals surface area contributed by atoms with Gasteiger partial charge >= 0.3 is 5.97 Å². The maximum atomic E-state index is 12.6. The van der Waals surface area contributed by atoms with Crippen molar-refractivity contribution < 1.29 is 19.1 Å². The summed E-state index contributed by atoms with van der Waals surface area (Å²) in [6.45, 7) is 4.28. The predicted molar refractivity (Wildman–Crippen MR) is 113 cm³/mol. The van der Waals surface area contributed by atoms with Crippen LogP contribution in [-0.2, 0) is 4.74 Å². The van der Waals surface area contributed by atoms with E-state index < -0.39 is 5.97 Å². The van der Waals surface area contributed by atoms with Crippen LogP contribution in [0.5, 0.6) is 5.75 Å². The maximum absolute atomic E-state index is 12.6. The number of nitrogens with zero attached hydrogens (tertiary/aromatic N) is 2. The number of hydrogen-bond donors (Lipinski definition) is 1. The summed E-state index contributed by atoms with van der Waals surface area (Å²) in [5.41, 5.74) is 2.89. The van der Waals surface area contributed by atoms with Gasteiger partial charge in [0.25, 0.3) is 5.91 Å². The Bertz CT molecular complexity index is 1010. The van der Waals surface area contributed by atoms with Gasteiger partial charge in [-0.1, -0.05) is 29.8 Å². The molecule has 0 radical (unpaired) electrons. The first-order valence-corrected chi connectivity index (χ1v) is 9.72. The van der Waals surface area contributed by atoms with E-state index in [1.54, 1.807) is 31.0 Å². The van der Waals surface area contributed by atoms with Gasteiger partial charge in [0.2, 0.25) is 0 Å². The fourth-order valence-electron chi connectivity index (χ4n) is 3.10. The van der Waals surface area contributed by atoms with Gasteiger partial charge in [0, 0.05) is 18.3 Å². The van der Waals surface area contributed by atoms with Crippen LogP contribution in [0.25, 0.3) is 0 Å². The highest BCUT2D eigenvalue weighted by Gasteiger charge is 2.19. The van der Waals surface area contributed by atoms with E-state index in [9.17, 15) is 9.59 Å². The van der Waals surface area contributed by atoms with Crippen molar-refractivity contribution in [3.8, 4) is 5.75 Å². The monoisotopic (exact) mass is 407 g/mol. The Morgan fingerprint density at radius 3 is 2.57 bits per heavy atom. The predicted octanol–water partition coefficient (Wildman–Crippen LogP) is 3.40. The van der Waals surface area contributed by atoms with Crippen molar-refractivity contribution in [2.45, 2.75) is 19.9 Å². The minimum Gasteiger partial charge on any atom is -0.497 e. The van der Waals surface area contributed by atoms with Crippen LogP contribution in [0, 0.1) is 6.92 Å². The fourth-order valence-corrected chi connectivity index (χ4v) is 3.10. The zero-order chi connectivity index (χ0) is 21.5. The second kappa shape index (κ2) is 9.73. The van der Waals surface area contributed by atoms with Gasteiger partial charge in [0.1, 0.15) is 5.75 Å². The molecular formula is C23H25N3O4. The number of carbonyl (C=O) groups is 2. The average molecular weight is 407 g/mol. The number of hydrogen-bond acceptors (Lipinski definition) is 5. The van der Waals surface area contributed by atoms with Gasteiger partial charge in [-0.25, -0.2) is 4.79 Å². The SMILES string of the molecule is CCOC(=O)c1cnn(C(CNC(=O)c2cccc(C)c2)c2ccc(OC)cc2)c1. The summed E-state index contributed by atoms with van der Waals surface area (Å²) in [5.74, 6) is 0.130. The summed E-state index contributed by atoms with van der Waals surface area (Å²) < 4.78 is 11.9. The zero-order valence-corrected chi connectivity index (χ0v) is 17.3. The molecule has 0 bridgehead atoms. The first kappa shape index (κ1) is 21.1. The Morgan fingerprint density at radius 2 is 1.90 bits per heavy atom. The number of ether oxygens (including phenoxy) is 2. The molecule has 3 rings (SSSR count). The van der Waals surface area contributed by atoms with E-state index in [0.29, 0.717) is 24.3 Å². The summed E-state index contributed by atoms with van der Waals surface area (Å²) in [7, 11) is 1.60. The molecule has 1 amide bonds. The molecule has 1 unspecified atom stereocenters. The molecule has 0 fully saturated rings. The number of carbonyl (C=O) groups excluding carboxylic acids is 2. The van der Waals surface area contributed by atoms with E-state index in [1.807, 2.05) is 49.4 Å². The highest BCUT2D eigenvalue weighted by atomic mass is 16.5. The minimum atomic E-state index is -0.430. The highest BCUT2D eigenvalue weighted by Crippen LogP contribution is 2.21. The average Bonchev–Trinajstić information content (AvgIpc) is 3.24. The minimum absolute atomic E-state index is 0.171. The number of amides is 1. The van der Waals surface area contributed by atoms with Crippen LogP contribution in [0.15, 0.2) is 60.9 Å². The Morgan fingerprint density at radius 1 is 1.13 bits per heavy atom. The number of methoxy groups -OCH3 is 1. The van der Waals surface area contributed by atoms with Crippen LogP contribution < -0.4 is 10.1 Å². The number of benzene rings is 2. The third kappa shape index (κ3) is 5.05. The lowest BCUT2D eigenvalue weighted by Crippen LogP contribution is -2.31. The van der Waals surface area contributed by atoms with Crippen molar-refractivity contribution >= 4 is 11.9 Å². The molecule has 7 heteroatoms. The van der Waals surface area contributed by atoms with E-state index in [4.69, 9.17) is 9.47 Å². The van der Waals surface area contributed by atoms with Gasteiger partial charge in [0.05, 0.1) is 31.5 Å². The molecule has 1 atom stereocenters. The summed E-state index contributed by atoms with van der Waals surface area (Å²) in [6, 6.07) is 14.6. The van der Waals surface area contributed by atoms with Crippen LogP contribution in [0.3, 0.4) is 0 Å². The summed E-state index contributed by atoms with van der Waals surface area (Å²) in [5, 5.41) is 7.31. The van der Waals surface area contributed by atoms with Crippen molar-refractivity contribution in [2.24, 2.45) is 0 Å². The highest BCUT2D eigenvalue weighted by molar-refractivity contribution is 5.94. The van der Waals surface area contributed by atoms with Crippen LogP contribution in [0.4, 0.5) is 0 Å². The largest absolute Gasteiger partial charge is 0.497 e.